The molecule has 0 amide bonds. The summed E-state index contributed by atoms with van der Waals surface area (Å²) in [6.45, 7) is 0. The summed E-state index contributed by atoms with van der Waals surface area (Å²) in [4.78, 5) is 8.83. The molecule has 6 heteroatoms. The number of hydrogen-bond acceptors (Lipinski definition) is 5. The molecule has 0 bridgehead atoms. The minimum Gasteiger partial charge on any atom is -0.468 e. The number of nitrogens with one attached hydrogen (secondary N) is 1. The fraction of sp³-hybridized carbons (Fsp3) is 0.167. The molecule has 0 aliphatic heterocycles. The van der Waals surface area contributed by atoms with Gasteiger partial charge in [0.25, 0.3) is 0 Å². The number of nitrogens with zero attached hydrogens (tertiary/aromatic N) is 3. The van der Waals surface area contributed by atoms with Crippen LogP contribution in [0.2, 0.25) is 0 Å². The summed E-state index contributed by atoms with van der Waals surface area (Å²) >= 11 is 1.61. The number of rotatable bonds is 4. The Morgan fingerprint density at radius 1 is 1.50 bits per heavy atom. The summed E-state index contributed by atoms with van der Waals surface area (Å²) in [5.74, 6) is 2.50. The second kappa shape index (κ2) is 4.73. The molecule has 0 atom stereocenters. The smallest absolute Gasteiger partial charge is 0.169 e. The Hall–Kier alpha value is -1.95. The molecule has 0 saturated carbocycles. The molecule has 5 nitrogen and oxygen atoms in total. The van der Waals surface area contributed by atoms with Crippen molar-refractivity contribution in [1.29, 1.82) is 0 Å². The highest BCUT2D eigenvalue weighted by Gasteiger charge is 2.08. The number of aromatic nitrogens is 3. The van der Waals surface area contributed by atoms with Crippen LogP contribution in [0.3, 0.4) is 0 Å². The normalized spacial score (nSPS) is 10.9. The van der Waals surface area contributed by atoms with Crippen LogP contribution >= 0.6 is 11.8 Å². The Morgan fingerprint density at radius 2 is 2.44 bits per heavy atom. The van der Waals surface area contributed by atoms with Crippen molar-refractivity contribution in [2.75, 3.05) is 12.4 Å². The van der Waals surface area contributed by atoms with Gasteiger partial charge in [-0.3, -0.25) is 0 Å². The van der Waals surface area contributed by atoms with Gasteiger partial charge in [-0.2, -0.15) is 0 Å². The monoisotopic (exact) mass is 260 g/mol. The minimum absolute atomic E-state index is 0.746. The van der Waals surface area contributed by atoms with Gasteiger partial charge in [-0.25, -0.2) is 9.97 Å². The second-order valence-electron chi connectivity index (χ2n) is 3.71. The minimum atomic E-state index is 0.746. The van der Waals surface area contributed by atoms with Crippen molar-refractivity contribution in [1.82, 2.24) is 14.4 Å². The van der Waals surface area contributed by atoms with Crippen molar-refractivity contribution >= 4 is 23.2 Å². The van der Waals surface area contributed by atoms with Crippen molar-refractivity contribution in [2.24, 2.45) is 0 Å². The van der Waals surface area contributed by atoms with E-state index in [4.69, 9.17) is 4.42 Å². The summed E-state index contributed by atoms with van der Waals surface area (Å²) in [7, 11) is 1.85. The Balaban J connectivity index is 1.92. The molecule has 3 aromatic rings. The van der Waals surface area contributed by atoms with Crippen LogP contribution in [0.15, 0.2) is 46.4 Å². The van der Waals surface area contributed by atoms with E-state index in [9.17, 15) is 0 Å². The van der Waals surface area contributed by atoms with E-state index in [1.807, 2.05) is 36.0 Å². The first kappa shape index (κ1) is 11.2. The van der Waals surface area contributed by atoms with Crippen molar-refractivity contribution in [3.05, 3.63) is 42.7 Å². The van der Waals surface area contributed by atoms with Crippen LogP contribution < -0.4 is 5.32 Å². The van der Waals surface area contributed by atoms with E-state index < -0.39 is 0 Å². The molecule has 0 aliphatic rings. The van der Waals surface area contributed by atoms with E-state index in [2.05, 4.69) is 15.3 Å². The lowest BCUT2D eigenvalue weighted by molar-refractivity contribution is 0.530. The van der Waals surface area contributed by atoms with Gasteiger partial charge in [0.1, 0.15) is 16.6 Å². The van der Waals surface area contributed by atoms with Gasteiger partial charge in [0.05, 0.1) is 18.2 Å². The van der Waals surface area contributed by atoms with Gasteiger partial charge in [0.2, 0.25) is 0 Å². The lowest BCUT2D eigenvalue weighted by atomic mass is 10.5. The molecule has 0 fully saturated rings. The lowest BCUT2D eigenvalue weighted by Crippen LogP contribution is -1.98. The van der Waals surface area contributed by atoms with E-state index in [0.29, 0.717) is 0 Å². The molecule has 18 heavy (non-hydrogen) atoms. The third kappa shape index (κ3) is 2.06. The predicted octanol–water partition coefficient (Wildman–Crippen LogP) is 2.66. The van der Waals surface area contributed by atoms with Crippen LogP contribution in [-0.4, -0.2) is 21.4 Å². The highest BCUT2D eigenvalue weighted by atomic mass is 32.2. The molecule has 0 radical (unpaired) electrons. The van der Waals surface area contributed by atoms with Crippen molar-refractivity contribution in [3.8, 4) is 0 Å². The van der Waals surface area contributed by atoms with E-state index in [-0.39, 0.29) is 0 Å². The molecule has 92 valence electrons. The summed E-state index contributed by atoms with van der Waals surface area (Å²) in [5, 5.41) is 3.94. The number of furan rings is 1. The highest BCUT2D eigenvalue weighted by molar-refractivity contribution is 7.98. The number of thioether (sulfide) groups is 1. The van der Waals surface area contributed by atoms with E-state index in [1.54, 1.807) is 24.2 Å². The van der Waals surface area contributed by atoms with Gasteiger partial charge >= 0.3 is 0 Å². The zero-order chi connectivity index (χ0) is 12.4. The Morgan fingerprint density at radius 3 is 3.22 bits per heavy atom. The molecule has 3 rings (SSSR count). The summed E-state index contributed by atoms with van der Waals surface area (Å²) < 4.78 is 7.28. The third-order valence-corrected chi connectivity index (χ3v) is 3.51. The number of imidazole rings is 1. The van der Waals surface area contributed by atoms with Gasteiger partial charge in [-0.15, -0.1) is 0 Å². The van der Waals surface area contributed by atoms with Gasteiger partial charge in [0, 0.05) is 19.4 Å². The standard InChI is InChI=1S/C12H12N4OS/c1-13-10-7-16-5-4-14-11(16)12(15-10)18-8-9-3-2-6-17-9/h2-7,13H,8H2,1H3. The van der Waals surface area contributed by atoms with Crippen LogP contribution in [0.5, 0.6) is 0 Å². The predicted molar refractivity (Wildman–Crippen MR) is 70.8 cm³/mol. The van der Waals surface area contributed by atoms with Crippen LogP contribution in [0, 0.1) is 0 Å². The average Bonchev–Trinajstić information content (AvgIpc) is 3.06. The SMILES string of the molecule is CNc1cn2ccnc2c(SCc2ccco2)n1. The number of hydrogen-bond donors (Lipinski definition) is 1. The first-order chi connectivity index (χ1) is 8.86. The second-order valence-corrected chi connectivity index (χ2v) is 4.67. The molecule has 0 spiro atoms. The van der Waals surface area contributed by atoms with Gasteiger partial charge in [0.15, 0.2) is 5.65 Å². The molecular weight excluding hydrogens is 248 g/mol. The topological polar surface area (TPSA) is 55.4 Å². The molecular formula is C12H12N4OS. The number of fused-ring (bicyclic) bond motifs is 1. The average molecular weight is 260 g/mol. The van der Waals surface area contributed by atoms with Crippen LogP contribution in [0.4, 0.5) is 5.82 Å². The molecule has 0 aromatic carbocycles. The zero-order valence-corrected chi connectivity index (χ0v) is 10.6. The van der Waals surface area contributed by atoms with Crippen LogP contribution in [0.25, 0.3) is 5.65 Å². The van der Waals surface area contributed by atoms with Crippen LogP contribution in [-0.2, 0) is 5.75 Å². The number of anilines is 1. The Bertz CT molecular complexity index is 647. The Kier molecular flexibility index (Phi) is 2.93. The van der Waals surface area contributed by atoms with E-state index in [1.165, 1.54) is 0 Å². The summed E-state index contributed by atoms with van der Waals surface area (Å²) in [5.41, 5.74) is 0.866. The lowest BCUT2D eigenvalue weighted by Gasteiger charge is -2.05. The van der Waals surface area contributed by atoms with Crippen molar-refractivity contribution in [2.45, 2.75) is 10.8 Å². The highest BCUT2D eigenvalue weighted by Crippen LogP contribution is 2.25. The molecule has 0 saturated heterocycles. The molecule has 1 N–H and O–H groups in total. The largest absolute Gasteiger partial charge is 0.468 e. The molecule has 0 unspecified atom stereocenters. The quantitative estimate of drug-likeness (QED) is 0.731. The van der Waals surface area contributed by atoms with E-state index >= 15 is 0 Å². The maximum atomic E-state index is 5.31. The van der Waals surface area contributed by atoms with Crippen molar-refractivity contribution < 1.29 is 4.42 Å². The maximum absolute atomic E-state index is 5.31. The van der Waals surface area contributed by atoms with Gasteiger partial charge in [-0.1, -0.05) is 11.8 Å². The third-order valence-electron chi connectivity index (χ3n) is 2.53. The first-order valence-corrected chi connectivity index (χ1v) is 6.52. The fourth-order valence-electron chi connectivity index (χ4n) is 1.65. The molecule has 3 aromatic heterocycles. The van der Waals surface area contributed by atoms with E-state index in [0.717, 1.165) is 28.0 Å². The fourth-order valence-corrected chi connectivity index (χ4v) is 2.55. The molecule has 0 aliphatic carbocycles. The molecule has 3 heterocycles. The maximum Gasteiger partial charge on any atom is 0.169 e. The zero-order valence-electron chi connectivity index (χ0n) is 9.83. The summed E-state index contributed by atoms with van der Waals surface area (Å²) in [6.07, 6.45) is 7.28. The van der Waals surface area contributed by atoms with Crippen LogP contribution in [0.1, 0.15) is 5.76 Å². The van der Waals surface area contributed by atoms with Gasteiger partial charge < -0.3 is 14.1 Å². The first-order valence-electron chi connectivity index (χ1n) is 5.53. The Labute approximate surface area is 108 Å². The van der Waals surface area contributed by atoms with Gasteiger partial charge in [-0.05, 0) is 12.1 Å². The van der Waals surface area contributed by atoms with Crippen molar-refractivity contribution in [3.63, 3.8) is 0 Å². The summed E-state index contributed by atoms with van der Waals surface area (Å²) in [6, 6.07) is 3.84.